The number of nitrogens with zero attached hydrogens (tertiary/aromatic N) is 1. The highest BCUT2D eigenvalue weighted by atomic mass is 16.5. The Morgan fingerprint density at radius 3 is 2.41 bits per heavy atom. The Morgan fingerprint density at radius 2 is 1.72 bits per heavy atom. The third-order valence-electron chi connectivity index (χ3n) is 4.91. The van der Waals surface area contributed by atoms with Gasteiger partial charge in [-0.1, -0.05) is 69.3 Å². The predicted molar refractivity (Wildman–Crippen MR) is 111 cm³/mol. The number of carbonyl (C=O) groups excluding carboxylic acids is 2. The van der Waals surface area contributed by atoms with Gasteiger partial charge >= 0.3 is 6.03 Å². The topological polar surface area (TPSA) is 78.9 Å². The van der Waals surface area contributed by atoms with E-state index in [1.165, 1.54) is 0 Å². The van der Waals surface area contributed by atoms with Crippen LogP contribution in [0.1, 0.15) is 31.9 Å². The summed E-state index contributed by atoms with van der Waals surface area (Å²) in [6, 6.07) is 16.1. The molecule has 0 unspecified atom stereocenters. The molecule has 0 spiro atoms. The number of benzene rings is 2. The molecule has 1 aliphatic heterocycles. The number of nitrogens with one attached hydrogen (secondary N) is 1. The van der Waals surface area contributed by atoms with Crippen LogP contribution < -0.4 is 10.1 Å². The zero-order valence-corrected chi connectivity index (χ0v) is 17.1. The molecule has 1 heterocycles. The first-order chi connectivity index (χ1) is 13.8. The van der Waals surface area contributed by atoms with Crippen LogP contribution in [0.5, 0.6) is 5.75 Å². The summed E-state index contributed by atoms with van der Waals surface area (Å²) in [5.41, 5.74) is 1.90. The minimum atomic E-state index is -0.979. The molecule has 29 heavy (non-hydrogen) atoms. The molecule has 2 aromatic carbocycles. The fourth-order valence-corrected chi connectivity index (χ4v) is 3.40. The SMILES string of the molecule is CC(C)(C)c1ccccc1OC[C@H](O)CN1C(=O)N[C@H](Cc2ccccc2)C1=O. The molecule has 2 N–H and O–H groups in total. The molecule has 1 aliphatic rings. The van der Waals surface area contributed by atoms with Gasteiger partial charge in [-0.15, -0.1) is 0 Å². The van der Waals surface area contributed by atoms with Gasteiger partial charge in [-0.25, -0.2) is 4.79 Å². The normalized spacial score (nSPS) is 17.9. The Bertz CT molecular complexity index is 861. The molecule has 3 rings (SSSR count). The van der Waals surface area contributed by atoms with Gasteiger partial charge in [-0.05, 0) is 22.6 Å². The van der Waals surface area contributed by atoms with Crippen LogP contribution in [0.3, 0.4) is 0 Å². The molecular formula is C23H28N2O4. The lowest BCUT2D eigenvalue weighted by Gasteiger charge is -2.24. The van der Waals surface area contributed by atoms with Crippen molar-refractivity contribution in [2.24, 2.45) is 0 Å². The molecule has 0 saturated carbocycles. The van der Waals surface area contributed by atoms with Crippen molar-refractivity contribution < 1.29 is 19.4 Å². The zero-order chi connectivity index (χ0) is 21.0. The Labute approximate surface area is 171 Å². The smallest absolute Gasteiger partial charge is 0.324 e. The first kappa shape index (κ1) is 20.9. The van der Waals surface area contributed by atoms with Gasteiger partial charge < -0.3 is 15.2 Å². The van der Waals surface area contributed by atoms with Crippen molar-refractivity contribution in [3.05, 3.63) is 65.7 Å². The number of hydrogen-bond donors (Lipinski definition) is 2. The minimum absolute atomic E-state index is 0.00644. The quantitative estimate of drug-likeness (QED) is 0.706. The van der Waals surface area contributed by atoms with Crippen molar-refractivity contribution in [2.75, 3.05) is 13.2 Å². The van der Waals surface area contributed by atoms with E-state index in [1.807, 2.05) is 54.6 Å². The molecule has 2 atom stereocenters. The fourth-order valence-electron chi connectivity index (χ4n) is 3.40. The molecule has 0 aliphatic carbocycles. The average molecular weight is 396 g/mol. The standard InChI is InChI=1S/C23H28N2O4/c1-23(2,3)18-11-7-8-12-20(18)29-15-17(26)14-25-21(27)19(24-22(25)28)13-16-9-5-4-6-10-16/h4-12,17,19,26H,13-15H2,1-3H3,(H,24,28)/t17-,19-/m1/s1. The molecule has 3 amide bonds. The summed E-state index contributed by atoms with van der Waals surface area (Å²) in [5, 5.41) is 13.1. The van der Waals surface area contributed by atoms with E-state index in [0.29, 0.717) is 12.2 Å². The fraction of sp³-hybridized carbons (Fsp3) is 0.391. The Balaban J connectivity index is 1.58. The minimum Gasteiger partial charge on any atom is -0.491 e. The lowest BCUT2D eigenvalue weighted by molar-refractivity contribution is -0.128. The molecule has 0 radical (unpaired) electrons. The number of carbonyl (C=O) groups is 2. The molecule has 1 fully saturated rings. The highest BCUT2D eigenvalue weighted by Crippen LogP contribution is 2.31. The van der Waals surface area contributed by atoms with Gasteiger partial charge in [0.25, 0.3) is 5.91 Å². The number of aliphatic hydroxyl groups excluding tert-OH is 1. The van der Waals surface area contributed by atoms with E-state index in [-0.39, 0.29) is 24.5 Å². The number of imide groups is 1. The van der Waals surface area contributed by atoms with Crippen LogP contribution in [0.4, 0.5) is 4.79 Å². The van der Waals surface area contributed by atoms with Crippen LogP contribution in [-0.4, -0.2) is 47.2 Å². The van der Waals surface area contributed by atoms with Crippen LogP contribution in [0, 0.1) is 0 Å². The third kappa shape index (κ3) is 5.15. The van der Waals surface area contributed by atoms with E-state index in [2.05, 4.69) is 26.1 Å². The first-order valence-corrected chi connectivity index (χ1v) is 9.82. The van der Waals surface area contributed by atoms with Crippen LogP contribution >= 0.6 is 0 Å². The van der Waals surface area contributed by atoms with Gasteiger partial charge in [-0.3, -0.25) is 9.69 Å². The second-order valence-corrected chi connectivity index (χ2v) is 8.35. The van der Waals surface area contributed by atoms with Crippen molar-refractivity contribution >= 4 is 11.9 Å². The Morgan fingerprint density at radius 1 is 1.07 bits per heavy atom. The van der Waals surface area contributed by atoms with Gasteiger partial charge in [0.2, 0.25) is 0 Å². The van der Waals surface area contributed by atoms with Crippen molar-refractivity contribution in [1.29, 1.82) is 0 Å². The van der Waals surface area contributed by atoms with Crippen LogP contribution in [0.2, 0.25) is 0 Å². The number of aliphatic hydroxyl groups is 1. The van der Waals surface area contributed by atoms with Crippen molar-refractivity contribution in [2.45, 2.75) is 44.8 Å². The highest BCUT2D eigenvalue weighted by molar-refractivity contribution is 6.04. The zero-order valence-electron chi connectivity index (χ0n) is 17.1. The Kier molecular flexibility index (Phi) is 6.23. The van der Waals surface area contributed by atoms with E-state index >= 15 is 0 Å². The van der Waals surface area contributed by atoms with Crippen LogP contribution in [0.25, 0.3) is 0 Å². The summed E-state index contributed by atoms with van der Waals surface area (Å²) in [6.07, 6.45) is -0.554. The predicted octanol–water partition coefficient (Wildman–Crippen LogP) is 2.89. The van der Waals surface area contributed by atoms with Crippen LogP contribution in [0.15, 0.2) is 54.6 Å². The number of amides is 3. The number of hydrogen-bond acceptors (Lipinski definition) is 4. The number of ether oxygens (including phenoxy) is 1. The van der Waals surface area contributed by atoms with Crippen molar-refractivity contribution in [1.82, 2.24) is 10.2 Å². The van der Waals surface area contributed by atoms with E-state index in [0.717, 1.165) is 16.0 Å². The van der Waals surface area contributed by atoms with Gasteiger partial charge in [-0.2, -0.15) is 0 Å². The van der Waals surface area contributed by atoms with Gasteiger partial charge in [0, 0.05) is 6.42 Å². The van der Waals surface area contributed by atoms with E-state index in [9.17, 15) is 14.7 Å². The maximum atomic E-state index is 12.6. The van der Waals surface area contributed by atoms with Gasteiger partial charge in [0.1, 0.15) is 24.5 Å². The number of urea groups is 1. The molecule has 1 saturated heterocycles. The molecular weight excluding hydrogens is 368 g/mol. The van der Waals surface area contributed by atoms with Gasteiger partial charge in [0.15, 0.2) is 0 Å². The molecule has 154 valence electrons. The average Bonchev–Trinajstić information content (AvgIpc) is 2.94. The third-order valence-corrected chi connectivity index (χ3v) is 4.91. The summed E-state index contributed by atoms with van der Waals surface area (Å²) >= 11 is 0. The molecule has 2 aromatic rings. The summed E-state index contributed by atoms with van der Waals surface area (Å²) < 4.78 is 5.81. The molecule has 6 heteroatoms. The molecule has 0 bridgehead atoms. The maximum Gasteiger partial charge on any atom is 0.324 e. The number of rotatable bonds is 7. The molecule has 0 aromatic heterocycles. The second kappa shape index (κ2) is 8.66. The Hall–Kier alpha value is -2.86. The maximum absolute atomic E-state index is 12.6. The lowest BCUT2D eigenvalue weighted by atomic mass is 9.86. The van der Waals surface area contributed by atoms with E-state index < -0.39 is 18.2 Å². The summed E-state index contributed by atoms with van der Waals surface area (Å²) in [5.74, 6) is 0.367. The van der Waals surface area contributed by atoms with Crippen LogP contribution in [-0.2, 0) is 16.6 Å². The molecule has 6 nitrogen and oxygen atoms in total. The largest absolute Gasteiger partial charge is 0.491 e. The van der Waals surface area contributed by atoms with E-state index in [1.54, 1.807) is 0 Å². The van der Waals surface area contributed by atoms with Crippen molar-refractivity contribution in [3.63, 3.8) is 0 Å². The summed E-state index contributed by atoms with van der Waals surface area (Å²) in [6.45, 7) is 6.16. The summed E-state index contributed by atoms with van der Waals surface area (Å²) in [4.78, 5) is 25.9. The number of para-hydroxylation sites is 1. The van der Waals surface area contributed by atoms with E-state index in [4.69, 9.17) is 4.74 Å². The first-order valence-electron chi connectivity index (χ1n) is 9.82. The second-order valence-electron chi connectivity index (χ2n) is 8.35. The summed E-state index contributed by atoms with van der Waals surface area (Å²) in [7, 11) is 0. The highest BCUT2D eigenvalue weighted by Gasteiger charge is 2.38. The monoisotopic (exact) mass is 396 g/mol. The van der Waals surface area contributed by atoms with Crippen molar-refractivity contribution in [3.8, 4) is 5.75 Å². The number of β-amino-alcohol motifs (C(OH)–C–C–N with tert-alkyl or cyclic N) is 1. The van der Waals surface area contributed by atoms with Gasteiger partial charge in [0.05, 0.1) is 6.54 Å². The lowest BCUT2D eigenvalue weighted by Crippen LogP contribution is -2.40.